The summed E-state index contributed by atoms with van der Waals surface area (Å²) in [5, 5.41) is 1.26. The number of H-pyrrole nitrogens is 1. The molecule has 29 heavy (non-hydrogen) atoms. The van der Waals surface area contributed by atoms with Gasteiger partial charge in [0, 0.05) is 48.7 Å². The minimum atomic E-state index is -0.386. The second-order valence-corrected chi connectivity index (χ2v) is 9.75. The Labute approximate surface area is 173 Å². The Balaban J connectivity index is 1.35. The van der Waals surface area contributed by atoms with Gasteiger partial charge in [-0.25, -0.2) is 0 Å². The summed E-state index contributed by atoms with van der Waals surface area (Å²) >= 11 is 0. The van der Waals surface area contributed by atoms with Crippen molar-refractivity contribution in [2.24, 2.45) is 11.3 Å². The average molecular weight is 396 g/mol. The molecule has 2 aliphatic rings. The molecule has 1 atom stereocenters. The summed E-state index contributed by atoms with van der Waals surface area (Å²) in [6, 6.07) is 10.6. The molecule has 2 saturated heterocycles. The maximum Gasteiger partial charge on any atom is 0.227 e. The highest BCUT2D eigenvalue weighted by atomic mass is 16.2. The van der Waals surface area contributed by atoms with Crippen molar-refractivity contribution in [3.05, 3.63) is 36.0 Å². The van der Waals surface area contributed by atoms with E-state index in [0.717, 1.165) is 45.3 Å². The van der Waals surface area contributed by atoms with Crippen LogP contribution in [0.25, 0.3) is 10.9 Å². The quantitative estimate of drug-likeness (QED) is 0.830. The Bertz CT molecular complexity index is 854. The molecule has 0 bridgehead atoms. The molecule has 1 aromatic heterocycles. The van der Waals surface area contributed by atoms with Gasteiger partial charge in [0.25, 0.3) is 0 Å². The number of hydrogen-bond donors (Lipinski definition) is 1. The largest absolute Gasteiger partial charge is 0.358 e. The lowest BCUT2D eigenvalue weighted by atomic mass is 9.89. The molecular weight excluding hydrogens is 362 g/mol. The molecule has 2 aromatic rings. The van der Waals surface area contributed by atoms with Crippen molar-refractivity contribution in [2.45, 2.75) is 52.4 Å². The normalized spacial score (nSPS) is 21.6. The van der Waals surface area contributed by atoms with Crippen LogP contribution in [-0.2, 0) is 9.59 Å². The number of para-hydroxylation sites is 1. The third-order valence-electron chi connectivity index (χ3n) is 6.50. The van der Waals surface area contributed by atoms with Gasteiger partial charge in [-0.1, -0.05) is 39.0 Å². The second-order valence-electron chi connectivity index (χ2n) is 9.75. The number of nitrogens with one attached hydrogen (secondary N) is 1. The Kier molecular flexibility index (Phi) is 5.41. The second kappa shape index (κ2) is 7.85. The van der Waals surface area contributed by atoms with E-state index in [1.54, 1.807) is 0 Å². The summed E-state index contributed by atoms with van der Waals surface area (Å²) in [6.07, 6.45) is 3.81. The van der Waals surface area contributed by atoms with Crippen molar-refractivity contribution in [1.29, 1.82) is 0 Å². The lowest BCUT2D eigenvalue weighted by Gasteiger charge is -2.39. The lowest BCUT2D eigenvalue weighted by Crippen LogP contribution is -2.50. The molecule has 0 aliphatic carbocycles. The van der Waals surface area contributed by atoms with Crippen LogP contribution < -0.4 is 0 Å². The zero-order valence-corrected chi connectivity index (χ0v) is 17.9. The van der Waals surface area contributed by atoms with E-state index >= 15 is 0 Å². The summed E-state index contributed by atoms with van der Waals surface area (Å²) in [7, 11) is 0. The number of benzene rings is 1. The highest BCUT2D eigenvalue weighted by Crippen LogP contribution is 2.31. The fourth-order valence-electron chi connectivity index (χ4n) is 4.82. The molecule has 2 amide bonds. The molecule has 2 fully saturated rings. The Hall–Kier alpha value is -2.30. The molecule has 3 heterocycles. The molecule has 5 heteroatoms. The maximum absolute atomic E-state index is 13.1. The first-order valence-electron chi connectivity index (χ1n) is 11.0. The third kappa shape index (κ3) is 4.19. The number of nitrogens with zero attached hydrogens (tertiary/aromatic N) is 2. The van der Waals surface area contributed by atoms with Crippen LogP contribution in [-0.4, -0.2) is 52.8 Å². The van der Waals surface area contributed by atoms with E-state index in [9.17, 15) is 9.59 Å². The third-order valence-corrected chi connectivity index (χ3v) is 6.50. The number of aromatic amines is 1. The maximum atomic E-state index is 13.1. The van der Waals surface area contributed by atoms with Crippen LogP contribution in [0.15, 0.2) is 30.3 Å². The van der Waals surface area contributed by atoms with Crippen molar-refractivity contribution < 1.29 is 9.59 Å². The first-order chi connectivity index (χ1) is 13.8. The lowest BCUT2D eigenvalue weighted by molar-refractivity contribution is -0.145. The van der Waals surface area contributed by atoms with E-state index in [2.05, 4.69) is 35.3 Å². The monoisotopic (exact) mass is 395 g/mol. The van der Waals surface area contributed by atoms with E-state index < -0.39 is 0 Å². The molecule has 0 spiro atoms. The molecular formula is C24H33N3O2. The summed E-state index contributed by atoms with van der Waals surface area (Å²) in [5.41, 5.74) is 2.09. The Morgan fingerprint density at radius 3 is 2.41 bits per heavy atom. The number of carbonyl (C=O) groups excluding carboxylic acids is 2. The molecule has 1 aromatic carbocycles. The molecule has 2 aliphatic heterocycles. The fourth-order valence-corrected chi connectivity index (χ4v) is 4.82. The van der Waals surface area contributed by atoms with Crippen LogP contribution in [0.2, 0.25) is 0 Å². The number of rotatable bonds is 2. The van der Waals surface area contributed by atoms with Gasteiger partial charge < -0.3 is 14.8 Å². The zero-order valence-electron chi connectivity index (χ0n) is 17.9. The number of carbonyl (C=O) groups is 2. The van der Waals surface area contributed by atoms with Crippen molar-refractivity contribution in [1.82, 2.24) is 14.8 Å². The number of hydrogen-bond acceptors (Lipinski definition) is 2. The van der Waals surface area contributed by atoms with Gasteiger partial charge in [0.15, 0.2) is 0 Å². The highest BCUT2D eigenvalue weighted by Gasteiger charge is 2.36. The summed E-state index contributed by atoms with van der Waals surface area (Å²) in [5.74, 6) is 0.843. The zero-order chi connectivity index (χ0) is 20.6. The molecule has 156 valence electrons. The number of fused-ring (bicyclic) bond motifs is 1. The number of aromatic nitrogens is 1. The first-order valence-corrected chi connectivity index (χ1v) is 11.0. The van der Waals surface area contributed by atoms with Gasteiger partial charge in [-0.05, 0) is 43.2 Å². The van der Waals surface area contributed by atoms with Crippen molar-refractivity contribution in [3.63, 3.8) is 0 Å². The van der Waals surface area contributed by atoms with Crippen LogP contribution in [0.5, 0.6) is 0 Å². The topological polar surface area (TPSA) is 56.4 Å². The van der Waals surface area contributed by atoms with Gasteiger partial charge >= 0.3 is 0 Å². The Morgan fingerprint density at radius 2 is 1.72 bits per heavy atom. The van der Waals surface area contributed by atoms with E-state index in [4.69, 9.17) is 0 Å². The number of amides is 2. The van der Waals surface area contributed by atoms with Crippen molar-refractivity contribution in [3.8, 4) is 0 Å². The van der Waals surface area contributed by atoms with Gasteiger partial charge in [-0.3, -0.25) is 9.59 Å². The van der Waals surface area contributed by atoms with Crippen LogP contribution in [0, 0.1) is 11.3 Å². The highest BCUT2D eigenvalue weighted by molar-refractivity contribution is 5.84. The van der Waals surface area contributed by atoms with Gasteiger partial charge in [0.1, 0.15) is 0 Å². The van der Waals surface area contributed by atoms with Crippen molar-refractivity contribution >= 4 is 22.7 Å². The van der Waals surface area contributed by atoms with Gasteiger partial charge in [0.2, 0.25) is 11.8 Å². The standard InChI is InChI=1S/C24H33N3O2/c1-24(2,3)23(29)27-12-6-8-19(16-27)22(28)26-13-10-17(11-14-26)21-15-18-7-4-5-9-20(18)25-21/h4-5,7,9,15,17,19,25H,6,8,10-14,16H2,1-3H3. The van der Waals surface area contributed by atoms with Gasteiger partial charge in [-0.2, -0.15) is 0 Å². The smallest absolute Gasteiger partial charge is 0.227 e. The SMILES string of the molecule is CC(C)(C)C(=O)N1CCCC(C(=O)N2CCC(c3cc4ccccc4[nH]3)CC2)C1. The molecule has 1 N–H and O–H groups in total. The van der Waals surface area contributed by atoms with Gasteiger partial charge in [-0.15, -0.1) is 0 Å². The molecule has 5 nitrogen and oxygen atoms in total. The minimum Gasteiger partial charge on any atom is -0.358 e. The van der Waals surface area contributed by atoms with Crippen LogP contribution in [0.3, 0.4) is 0 Å². The van der Waals surface area contributed by atoms with E-state index in [1.165, 1.54) is 16.6 Å². The first kappa shape index (κ1) is 20.0. The summed E-state index contributed by atoms with van der Waals surface area (Å²) in [6.45, 7) is 8.84. The molecule has 0 saturated carbocycles. The van der Waals surface area contributed by atoms with Crippen LogP contribution >= 0.6 is 0 Å². The van der Waals surface area contributed by atoms with E-state index in [0.29, 0.717) is 12.5 Å². The van der Waals surface area contributed by atoms with Crippen LogP contribution in [0.1, 0.15) is 58.1 Å². The van der Waals surface area contributed by atoms with Gasteiger partial charge in [0.05, 0.1) is 5.92 Å². The number of piperidine rings is 2. The minimum absolute atomic E-state index is 0.0420. The van der Waals surface area contributed by atoms with Crippen molar-refractivity contribution in [2.75, 3.05) is 26.2 Å². The predicted octanol–water partition coefficient (Wildman–Crippen LogP) is 4.16. The molecule has 0 radical (unpaired) electrons. The molecule has 4 rings (SSSR count). The molecule has 1 unspecified atom stereocenters. The van der Waals surface area contributed by atoms with E-state index in [-0.39, 0.29) is 23.1 Å². The predicted molar refractivity (Wildman–Crippen MR) is 116 cm³/mol. The fraction of sp³-hybridized carbons (Fsp3) is 0.583. The number of likely N-dealkylation sites (tertiary alicyclic amines) is 2. The summed E-state index contributed by atoms with van der Waals surface area (Å²) in [4.78, 5) is 33.3. The summed E-state index contributed by atoms with van der Waals surface area (Å²) < 4.78 is 0. The van der Waals surface area contributed by atoms with Crippen LogP contribution in [0.4, 0.5) is 0 Å². The van der Waals surface area contributed by atoms with E-state index in [1.807, 2.05) is 30.6 Å². The Morgan fingerprint density at radius 1 is 1.00 bits per heavy atom. The average Bonchev–Trinajstić information content (AvgIpc) is 3.16.